The van der Waals surface area contributed by atoms with Gasteiger partial charge in [-0.15, -0.1) is 0 Å². The fraction of sp³-hybridized carbons (Fsp3) is 0.214. The van der Waals surface area contributed by atoms with Gasteiger partial charge < -0.3 is 15.0 Å². The Kier molecular flexibility index (Phi) is 3.40. The Morgan fingerprint density at radius 1 is 1.29 bits per heavy atom. The number of allylic oxidation sites excluding steroid dienone is 1. The normalized spacial score (nSPS) is 18.2. The van der Waals surface area contributed by atoms with Crippen molar-refractivity contribution < 1.29 is 15.0 Å². The van der Waals surface area contributed by atoms with Crippen molar-refractivity contribution in [3.8, 4) is 0 Å². The van der Waals surface area contributed by atoms with Crippen molar-refractivity contribution in [1.29, 1.82) is 0 Å². The molecule has 1 unspecified atom stereocenters. The van der Waals surface area contributed by atoms with Crippen LogP contribution in [0.2, 0.25) is 0 Å². The molecule has 0 radical (unpaired) electrons. The van der Waals surface area contributed by atoms with Crippen LogP contribution in [0.5, 0.6) is 0 Å². The summed E-state index contributed by atoms with van der Waals surface area (Å²) in [7, 11) is 0. The Balaban J connectivity index is 2.44. The Labute approximate surface area is 99.7 Å². The molecular formula is C14H13O3-. The molecule has 1 atom stereocenters. The number of carboxylic acids is 1. The van der Waals surface area contributed by atoms with Gasteiger partial charge in [0.05, 0.1) is 6.61 Å². The molecule has 1 aliphatic carbocycles. The molecule has 0 aliphatic heterocycles. The van der Waals surface area contributed by atoms with E-state index in [0.29, 0.717) is 0 Å². The van der Waals surface area contributed by atoms with Gasteiger partial charge >= 0.3 is 0 Å². The fourth-order valence-electron chi connectivity index (χ4n) is 2.05. The standard InChI is InChI=1S/C14H14O3/c15-9-10-5-6-11-3-1-2-4-13(11)12(7-10)8-14(16)17/h1-7,12,15H,8-9H2,(H,16,17)/p-1. The minimum Gasteiger partial charge on any atom is -0.550 e. The number of rotatable bonds is 3. The second kappa shape index (κ2) is 4.97. The van der Waals surface area contributed by atoms with Crippen LogP contribution in [0.15, 0.2) is 42.0 Å². The average molecular weight is 229 g/mol. The highest BCUT2D eigenvalue weighted by atomic mass is 16.4. The topological polar surface area (TPSA) is 60.4 Å². The molecule has 0 aromatic heterocycles. The minimum atomic E-state index is -1.08. The monoisotopic (exact) mass is 229 g/mol. The average Bonchev–Trinajstić information content (AvgIpc) is 2.49. The van der Waals surface area contributed by atoms with Gasteiger partial charge in [0.1, 0.15) is 0 Å². The lowest BCUT2D eigenvalue weighted by molar-refractivity contribution is -0.305. The van der Waals surface area contributed by atoms with Crippen LogP contribution in [0.1, 0.15) is 23.5 Å². The van der Waals surface area contributed by atoms with Gasteiger partial charge in [-0.05, 0) is 23.1 Å². The summed E-state index contributed by atoms with van der Waals surface area (Å²) in [4.78, 5) is 10.8. The van der Waals surface area contributed by atoms with E-state index in [0.717, 1.165) is 16.7 Å². The molecule has 0 amide bonds. The summed E-state index contributed by atoms with van der Waals surface area (Å²) in [6.07, 6.45) is 5.43. The number of benzene rings is 1. The summed E-state index contributed by atoms with van der Waals surface area (Å²) >= 11 is 0. The van der Waals surface area contributed by atoms with Gasteiger partial charge in [0.15, 0.2) is 0 Å². The number of aliphatic hydroxyl groups is 1. The number of carboxylic acid groups (broad SMARTS) is 1. The van der Waals surface area contributed by atoms with Crippen molar-refractivity contribution >= 4 is 12.0 Å². The fourth-order valence-corrected chi connectivity index (χ4v) is 2.05. The van der Waals surface area contributed by atoms with E-state index in [1.54, 1.807) is 6.08 Å². The molecule has 1 N–H and O–H groups in total. The summed E-state index contributed by atoms with van der Waals surface area (Å²) in [5, 5.41) is 19.9. The van der Waals surface area contributed by atoms with Crippen LogP contribution >= 0.6 is 0 Å². The summed E-state index contributed by atoms with van der Waals surface area (Å²) < 4.78 is 0. The minimum absolute atomic E-state index is 0.0673. The highest BCUT2D eigenvalue weighted by molar-refractivity contribution is 5.69. The lowest BCUT2D eigenvalue weighted by atomic mass is 9.91. The Morgan fingerprint density at radius 3 is 2.76 bits per heavy atom. The predicted octanol–water partition coefficient (Wildman–Crippen LogP) is 0.856. The predicted molar refractivity (Wildman–Crippen MR) is 63.0 cm³/mol. The molecule has 3 heteroatoms. The second-order valence-corrected chi connectivity index (χ2v) is 4.04. The zero-order valence-corrected chi connectivity index (χ0v) is 9.30. The molecule has 0 saturated heterocycles. The maximum atomic E-state index is 10.8. The lowest BCUT2D eigenvalue weighted by Gasteiger charge is -2.16. The van der Waals surface area contributed by atoms with E-state index >= 15 is 0 Å². The van der Waals surface area contributed by atoms with E-state index in [2.05, 4.69) is 0 Å². The number of fused-ring (bicyclic) bond motifs is 1. The van der Waals surface area contributed by atoms with Crippen molar-refractivity contribution in [2.24, 2.45) is 0 Å². The number of carbonyl (C=O) groups excluding carboxylic acids is 1. The molecule has 0 spiro atoms. The molecule has 2 rings (SSSR count). The third kappa shape index (κ3) is 2.63. The van der Waals surface area contributed by atoms with Gasteiger partial charge in [-0.2, -0.15) is 0 Å². The van der Waals surface area contributed by atoms with Gasteiger partial charge in [-0.1, -0.05) is 42.5 Å². The number of aliphatic hydroxyl groups excluding tert-OH is 1. The molecule has 1 aromatic carbocycles. The van der Waals surface area contributed by atoms with Gasteiger partial charge in [0.2, 0.25) is 0 Å². The highest BCUT2D eigenvalue weighted by Gasteiger charge is 2.15. The SMILES string of the molecule is O=C([O-])CC1C=C(CO)C=Cc2ccccc21. The summed E-state index contributed by atoms with van der Waals surface area (Å²) in [6.45, 7) is -0.0892. The van der Waals surface area contributed by atoms with Crippen LogP contribution in [0.3, 0.4) is 0 Å². The van der Waals surface area contributed by atoms with Crippen LogP contribution in [0.25, 0.3) is 6.08 Å². The quantitative estimate of drug-likeness (QED) is 0.836. The molecular weight excluding hydrogens is 216 g/mol. The highest BCUT2D eigenvalue weighted by Crippen LogP contribution is 2.29. The van der Waals surface area contributed by atoms with E-state index in [9.17, 15) is 9.90 Å². The van der Waals surface area contributed by atoms with Crippen molar-refractivity contribution in [3.63, 3.8) is 0 Å². The number of hydrogen-bond donors (Lipinski definition) is 1. The van der Waals surface area contributed by atoms with Crippen LogP contribution in [0, 0.1) is 0 Å². The summed E-state index contributed by atoms with van der Waals surface area (Å²) in [5.74, 6) is -1.33. The number of carbonyl (C=O) groups is 1. The Bertz CT molecular complexity index is 486. The molecule has 0 heterocycles. The number of aliphatic carboxylic acids is 1. The van der Waals surface area contributed by atoms with Crippen LogP contribution in [-0.4, -0.2) is 17.7 Å². The molecule has 0 fully saturated rings. The molecule has 0 saturated carbocycles. The van der Waals surface area contributed by atoms with Crippen LogP contribution in [0.4, 0.5) is 0 Å². The Morgan fingerprint density at radius 2 is 2.06 bits per heavy atom. The second-order valence-electron chi connectivity index (χ2n) is 4.04. The first-order chi connectivity index (χ1) is 8.20. The largest absolute Gasteiger partial charge is 0.550 e. The van der Waals surface area contributed by atoms with Crippen LogP contribution in [-0.2, 0) is 4.79 Å². The van der Waals surface area contributed by atoms with Crippen molar-refractivity contribution in [3.05, 3.63) is 53.1 Å². The summed E-state index contributed by atoms with van der Waals surface area (Å²) in [5.41, 5.74) is 2.67. The lowest BCUT2D eigenvalue weighted by Crippen LogP contribution is -2.24. The van der Waals surface area contributed by atoms with Gasteiger partial charge in [0, 0.05) is 11.9 Å². The smallest absolute Gasteiger partial charge is 0.0679 e. The first-order valence-electron chi connectivity index (χ1n) is 5.49. The molecule has 1 aliphatic rings. The van der Waals surface area contributed by atoms with Crippen molar-refractivity contribution in [2.75, 3.05) is 6.61 Å². The summed E-state index contributed by atoms with van der Waals surface area (Å²) in [6, 6.07) is 7.63. The van der Waals surface area contributed by atoms with Crippen molar-refractivity contribution in [1.82, 2.24) is 0 Å². The molecule has 3 nitrogen and oxygen atoms in total. The molecule has 17 heavy (non-hydrogen) atoms. The molecule has 88 valence electrons. The van der Waals surface area contributed by atoms with E-state index in [-0.39, 0.29) is 18.9 Å². The third-order valence-electron chi connectivity index (χ3n) is 2.86. The van der Waals surface area contributed by atoms with Gasteiger partial charge in [-0.3, -0.25) is 0 Å². The first-order valence-corrected chi connectivity index (χ1v) is 5.49. The third-order valence-corrected chi connectivity index (χ3v) is 2.86. The first kappa shape index (κ1) is 11.6. The zero-order valence-electron chi connectivity index (χ0n) is 9.30. The van der Waals surface area contributed by atoms with Gasteiger partial charge in [-0.25, -0.2) is 0 Å². The van der Waals surface area contributed by atoms with E-state index in [1.165, 1.54) is 0 Å². The maximum Gasteiger partial charge on any atom is 0.0679 e. The van der Waals surface area contributed by atoms with E-state index in [1.807, 2.05) is 36.4 Å². The maximum absolute atomic E-state index is 10.8. The van der Waals surface area contributed by atoms with E-state index in [4.69, 9.17) is 5.11 Å². The number of hydrogen-bond acceptors (Lipinski definition) is 3. The Hall–Kier alpha value is -1.87. The van der Waals surface area contributed by atoms with Crippen LogP contribution < -0.4 is 5.11 Å². The zero-order chi connectivity index (χ0) is 12.3. The van der Waals surface area contributed by atoms with Gasteiger partial charge in [0.25, 0.3) is 0 Å². The molecule has 1 aromatic rings. The van der Waals surface area contributed by atoms with E-state index < -0.39 is 5.97 Å². The van der Waals surface area contributed by atoms with Crippen molar-refractivity contribution in [2.45, 2.75) is 12.3 Å². The molecule has 0 bridgehead atoms.